The van der Waals surface area contributed by atoms with Crippen LogP contribution in [0, 0.1) is 0 Å². The Hall–Kier alpha value is -1.61. The Kier molecular flexibility index (Phi) is 7.70. The Bertz CT molecular complexity index is 779. The molecule has 1 aromatic heterocycles. The van der Waals surface area contributed by atoms with Gasteiger partial charge in [-0.2, -0.15) is 0 Å². The van der Waals surface area contributed by atoms with E-state index in [0.29, 0.717) is 30.2 Å². The molecule has 25 heavy (non-hydrogen) atoms. The number of sulfonamides is 1. The minimum Gasteiger partial charge on any atom is -0.492 e. The van der Waals surface area contributed by atoms with Crippen LogP contribution in [0.3, 0.4) is 0 Å². The molecule has 0 fully saturated rings. The van der Waals surface area contributed by atoms with Gasteiger partial charge in [0.2, 0.25) is 15.9 Å². The molecule has 0 atom stereocenters. The van der Waals surface area contributed by atoms with Gasteiger partial charge in [-0.15, -0.1) is 11.3 Å². The van der Waals surface area contributed by atoms with Crippen molar-refractivity contribution in [2.75, 3.05) is 19.7 Å². The van der Waals surface area contributed by atoms with E-state index in [1.807, 2.05) is 12.1 Å². The molecule has 6 nitrogen and oxygen atoms in total. The molecule has 136 valence electrons. The number of hydrogen-bond acceptors (Lipinski definition) is 5. The van der Waals surface area contributed by atoms with E-state index in [0.717, 1.165) is 11.3 Å². The third-order valence-corrected chi connectivity index (χ3v) is 6.31. The molecule has 0 aliphatic carbocycles. The van der Waals surface area contributed by atoms with Crippen molar-refractivity contribution in [2.24, 2.45) is 0 Å². The Labute approximate surface area is 156 Å². The minimum absolute atomic E-state index is 0.141. The molecule has 0 saturated carbocycles. The monoisotopic (exact) mass is 402 g/mol. The summed E-state index contributed by atoms with van der Waals surface area (Å²) in [6.45, 7) is 0.749. The molecule has 9 heteroatoms. The summed E-state index contributed by atoms with van der Waals surface area (Å²) in [5, 5.41) is 4.89. The number of nitrogens with one attached hydrogen (secondary N) is 2. The standard InChI is InChI=1S/C16H19ClN2O4S2/c17-13-5-1-2-6-14(13)23-11-3-7-15(20)18-9-10-19-25(21,22)16-8-4-12-24-16/h1-2,4-6,8,12,19H,3,7,9-11H2,(H,18,20). The quantitative estimate of drug-likeness (QED) is 0.598. The van der Waals surface area contributed by atoms with Crippen LogP contribution in [0.2, 0.25) is 5.02 Å². The van der Waals surface area contributed by atoms with Crippen molar-refractivity contribution in [1.29, 1.82) is 0 Å². The number of para-hydroxylation sites is 1. The van der Waals surface area contributed by atoms with E-state index < -0.39 is 10.0 Å². The first-order valence-corrected chi connectivity index (χ1v) is 10.4. The number of ether oxygens (including phenoxy) is 1. The zero-order valence-electron chi connectivity index (χ0n) is 13.4. The predicted molar refractivity (Wildman–Crippen MR) is 98.7 cm³/mol. The average molecular weight is 403 g/mol. The Morgan fingerprint density at radius 2 is 1.96 bits per heavy atom. The lowest BCUT2D eigenvalue weighted by Gasteiger charge is -2.08. The highest BCUT2D eigenvalue weighted by molar-refractivity contribution is 7.91. The zero-order chi connectivity index (χ0) is 18.1. The summed E-state index contributed by atoms with van der Waals surface area (Å²) in [6.07, 6.45) is 0.833. The molecule has 2 N–H and O–H groups in total. The number of halogens is 1. The third-order valence-electron chi connectivity index (χ3n) is 3.14. The normalized spacial score (nSPS) is 11.2. The molecule has 1 amide bonds. The summed E-state index contributed by atoms with van der Waals surface area (Å²) >= 11 is 7.11. The fraction of sp³-hybridized carbons (Fsp3) is 0.312. The van der Waals surface area contributed by atoms with Gasteiger partial charge in [0.05, 0.1) is 11.6 Å². The molecule has 0 spiro atoms. The molecule has 1 aromatic carbocycles. The number of amides is 1. The SMILES string of the molecule is O=C(CCCOc1ccccc1Cl)NCCNS(=O)(=O)c1cccs1. The lowest BCUT2D eigenvalue weighted by molar-refractivity contribution is -0.121. The largest absolute Gasteiger partial charge is 0.492 e. The fourth-order valence-electron chi connectivity index (χ4n) is 1.94. The first-order chi connectivity index (χ1) is 12.0. The van der Waals surface area contributed by atoms with Gasteiger partial charge in [-0.3, -0.25) is 4.79 Å². The Morgan fingerprint density at radius 3 is 2.68 bits per heavy atom. The number of thiophene rings is 1. The highest BCUT2D eigenvalue weighted by Gasteiger charge is 2.13. The molecule has 1 heterocycles. The maximum Gasteiger partial charge on any atom is 0.250 e. The summed E-state index contributed by atoms with van der Waals surface area (Å²) in [5.74, 6) is 0.436. The van der Waals surface area contributed by atoms with Crippen molar-refractivity contribution in [3.05, 3.63) is 46.8 Å². The molecule has 0 aliphatic heterocycles. The van der Waals surface area contributed by atoms with Crippen molar-refractivity contribution in [3.8, 4) is 5.75 Å². The van der Waals surface area contributed by atoms with Crippen molar-refractivity contribution in [1.82, 2.24) is 10.0 Å². The molecule has 0 saturated heterocycles. The van der Waals surface area contributed by atoms with Gasteiger partial charge in [0, 0.05) is 19.5 Å². The van der Waals surface area contributed by atoms with E-state index in [1.54, 1.807) is 23.6 Å². The van der Waals surface area contributed by atoms with Crippen LogP contribution in [0.15, 0.2) is 46.0 Å². The van der Waals surface area contributed by atoms with Crippen molar-refractivity contribution in [3.63, 3.8) is 0 Å². The van der Waals surface area contributed by atoms with Gasteiger partial charge in [0.25, 0.3) is 0 Å². The van der Waals surface area contributed by atoms with Gasteiger partial charge < -0.3 is 10.1 Å². The molecular formula is C16H19ClN2O4S2. The Morgan fingerprint density at radius 1 is 1.16 bits per heavy atom. The second-order valence-electron chi connectivity index (χ2n) is 5.06. The number of hydrogen-bond donors (Lipinski definition) is 2. The van der Waals surface area contributed by atoms with E-state index in [-0.39, 0.29) is 23.2 Å². The van der Waals surface area contributed by atoms with Crippen LogP contribution in [0.25, 0.3) is 0 Å². The van der Waals surface area contributed by atoms with Gasteiger partial charge in [0.15, 0.2) is 0 Å². The van der Waals surface area contributed by atoms with Crippen LogP contribution in [0.1, 0.15) is 12.8 Å². The van der Waals surface area contributed by atoms with Crippen LogP contribution in [-0.4, -0.2) is 34.0 Å². The first kappa shape index (κ1) is 19.7. The molecule has 2 aromatic rings. The highest BCUT2D eigenvalue weighted by Crippen LogP contribution is 2.23. The number of benzene rings is 1. The van der Waals surface area contributed by atoms with Crippen LogP contribution in [-0.2, 0) is 14.8 Å². The van der Waals surface area contributed by atoms with E-state index >= 15 is 0 Å². The fourth-order valence-corrected chi connectivity index (χ4v) is 4.20. The highest BCUT2D eigenvalue weighted by atomic mass is 35.5. The average Bonchev–Trinajstić information content (AvgIpc) is 3.13. The molecular weight excluding hydrogens is 384 g/mol. The predicted octanol–water partition coefficient (Wildman–Crippen LogP) is 2.66. The van der Waals surface area contributed by atoms with Crippen LogP contribution >= 0.6 is 22.9 Å². The zero-order valence-corrected chi connectivity index (χ0v) is 15.8. The topological polar surface area (TPSA) is 84.5 Å². The summed E-state index contributed by atoms with van der Waals surface area (Å²) in [4.78, 5) is 11.7. The molecule has 0 bridgehead atoms. The number of carbonyl (C=O) groups is 1. The molecule has 0 radical (unpaired) electrons. The van der Waals surface area contributed by atoms with Crippen molar-refractivity contribution >= 4 is 38.9 Å². The number of rotatable bonds is 10. The molecule has 2 rings (SSSR count). The maximum absolute atomic E-state index is 11.9. The molecule has 0 unspecified atom stereocenters. The van der Waals surface area contributed by atoms with E-state index in [2.05, 4.69) is 10.0 Å². The van der Waals surface area contributed by atoms with E-state index in [4.69, 9.17) is 16.3 Å². The van der Waals surface area contributed by atoms with E-state index in [9.17, 15) is 13.2 Å². The van der Waals surface area contributed by atoms with Gasteiger partial charge >= 0.3 is 0 Å². The van der Waals surface area contributed by atoms with Crippen LogP contribution in [0.5, 0.6) is 5.75 Å². The third kappa shape index (κ3) is 6.66. The minimum atomic E-state index is -3.49. The van der Waals surface area contributed by atoms with Crippen molar-refractivity contribution in [2.45, 2.75) is 17.1 Å². The van der Waals surface area contributed by atoms with Gasteiger partial charge in [-0.25, -0.2) is 13.1 Å². The summed E-state index contributed by atoms with van der Waals surface area (Å²) in [5.41, 5.74) is 0. The van der Waals surface area contributed by atoms with Crippen LogP contribution < -0.4 is 14.8 Å². The smallest absolute Gasteiger partial charge is 0.250 e. The lowest BCUT2D eigenvalue weighted by Crippen LogP contribution is -2.34. The van der Waals surface area contributed by atoms with Crippen molar-refractivity contribution < 1.29 is 17.9 Å². The summed E-state index contributed by atoms with van der Waals surface area (Å²) < 4.78 is 31.9. The second kappa shape index (κ2) is 9.76. The second-order valence-corrected chi connectivity index (χ2v) is 8.41. The summed E-state index contributed by atoms with van der Waals surface area (Å²) in [7, 11) is -3.49. The molecule has 0 aliphatic rings. The Balaban J connectivity index is 1.58. The van der Waals surface area contributed by atoms with Gasteiger partial charge in [-0.1, -0.05) is 29.8 Å². The summed E-state index contributed by atoms with van der Waals surface area (Å²) in [6, 6.07) is 10.3. The first-order valence-electron chi connectivity index (χ1n) is 7.66. The number of carbonyl (C=O) groups excluding carboxylic acids is 1. The van der Waals surface area contributed by atoms with Gasteiger partial charge in [0.1, 0.15) is 9.96 Å². The van der Waals surface area contributed by atoms with Crippen LogP contribution in [0.4, 0.5) is 0 Å². The van der Waals surface area contributed by atoms with Gasteiger partial charge in [-0.05, 0) is 30.0 Å². The van der Waals surface area contributed by atoms with E-state index in [1.165, 1.54) is 6.07 Å². The maximum atomic E-state index is 11.9. The lowest BCUT2D eigenvalue weighted by atomic mass is 10.3.